The minimum atomic E-state index is -0.498. The molecule has 18 heavy (non-hydrogen) atoms. The molecule has 2 unspecified atom stereocenters. The molecule has 100 valence electrons. The molecule has 2 aliphatic rings. The van der Waals surface area contributed by atoms with Crippen LogP contribution in [0.1, 0.15) is 39.0 Å². The van der Waals surface area contributed by atoms with Gasteiger partial charge in [0.1, 0.15) is 0 Å². The van der Waals surface area contributed by atoms with Crippen LogP contribution in [0.4, 0.5) is 0 Å². The van der Waals surface area contributed by atoms with Gasteiger partial charge >= 0.3 is 0 Å². The molecule has 0 aromatic carbocycles. The van der Waals surface area contributed by atoms with E-state index in [1.54, 1.807) is 12.2 Å². The Morgan fingerprint density at radius 2 is 2.17 bits per heavy atom. The average Bonchev–Trinajstić information content (AvgIpc) is 2.37. The van der Waals surface area contributed by atoms with Gasteiger partial charge < -0.3 is 10.0 Å². The van der Waals surface area contributed by atoms with Crippen molar-refractivity contribution in [2.24, 2.45) is 5.92 Å². The van der Waals surface area contributed by atoms with Gasteiger partial charge in [0.15, 0.2) is 0 Å². The van der Waals surface area contributed by atoms with Crippen molar-refractivity contribution in [3.63, 3.8) is 0 Å². The van der Waals surface area contributed by atoms with E-state index in [-0.39, 0.29) is 11.8 Å². The van der Waals surface area contributed by atoms with E-state index in [9.17, 15) is 9.90 Å². The van der Waals surface area contributed by atoms with Crippen LogP contribution in [-0.4, -0.2) is 34.6 Å². The zero-order chi connectivity index (χ0) is 13.0. The lowest BCUT2D eigenvalue weighted by molar-refractivity contribution is -0.138. The maximum absolute atomic E-state index is 12.0. The predicted molar refractivity (Wildman–Crippen MR) is 72.1 cm³/mol. The van der Waals surface area contributed by atoms with E-state index in [0.29, 0.717) is 6.54 Å². The van der Waals surface area contributed by atoms with E-state index in [0.717, 1.165) is 32.2 Å². The lowest BCUT2D eigenvalue weighted by Gasteiger charge is -2.47. The van der Waals surface area contributed by atoms with E-state index in [4.69, 9.17) is 0 Å². The van der Waals surface area contributed by atoms with E-state index >= 15 is 0 Å². The number of likely N-dealkylation sites (tertiary alicyclic amines) is 1. The van der Waals surface area contributed by atoms with Gasteiger partial charge in [-0.1, -0.05) is 31.1 Å². The van der Waals surface area contributed by atoms with Crippen molar-refractivity contribution in [1.82, 2.24) is 4.90 Å². The summed E-state index contributed by atoms with van der Waals surface area (Å²) in [5.74, 6) is 0.347. The van der Waals surface area contributed by atoms with Crippen LogP contribution in [0.5, 0.6) is 0 Å². The standard InChI is InChI=1S/C15H23NO2/c1-2-3-4-8-14(17)16-11-10-15(18)9-6-5-7-13(15)12-16/h2-4,8,13,18H,5-7,9-12H2,1H3/b3-2+,8-4?. The molecule has 3 heteroatoms. The first kappa shape index (κ1) is 13.3. The van der Waals surface area contributed by atoms with Gasteiger partial charge in [0.05, 0.1) is 5.60 Å². The molecule has 1 N–H and O–H groups in total. The monoisotopic (exact) mass is 249 g/mol. The van der Waals surface area contributed by atoms with Gasteiger partial charge in [-0.15, -0.1) is 0 Å². The molecular weight excluding hydrogens is 226 g/mol. The van der Waals surface area contributed by atoms with Crippen molar-refractivity contribution in [3.05, 3.63) is 24.3 Å². The molecule has 1 saturated carbocycles. The Balaban J connectivity index is 1.96. The number of nitrogens with zero attached hydrogens (tertiary/aromatic N) is 1. The van der Waals surface area contributed by atoms with Gasteiger partial charge in [-0.2, -0.15) is 0 Å². The molecule has 0 bridgehead atoms. The Morgan fingerprint density at radius 1 is 1.33 bits per heavy atom. The van der Waals surface area contributed by atoms with Crippen molar-refractivity contribution in [1.29, 1.82) is 0 Å². The van der Waals surface area contributed by atoms with Gasteiger partial charge in [0.2, 0.25) is 5.91 Å². The predicted octanol–water partition coefficient (Wildman–Crippen LogP) is 2.27. The molecule has 1 saturated heterocycles. The zero-order valence-electron chi connectivity index (χ0n) is 11.1. The second-order valence-corrected chi connectivity index (χ2v) is 5.47. The molecule has 0 aromatic heterocycles. The van der Waals surface area contributed by atoms with E-state index in [1.165, 1.54) is 6.42 Å². The lowest BCUT2D eigenvalue weighted by Crippen LogP contribution is -2.54. The topological polar surface area (TPSA) is 40.5 Å². The molecule has 1 amide bonds. The largest absolute Gasteiger partial charge is 0.389 e. The molecule has 3 nitrogen and oxygen atoms in total. The zero-order valence-corrected chi connectivity index (χ0v) is 11.1. The Hall–Kier alpha value is -1.09. The second kappa shape index (κ2) is 5.70. The quantitative estimate of drug-likeness (QED) is 0.602. The Labute approximate surface area is 109 Å². The van der Waals surface area contributed by atoms with E-state index < -0.39 is 5.60 Å². The number of allylic oxidation sites excluding steroid dienone is 3. The minimum absolute atomic E-state index is 0.0701. The fraction of sp³-hybridized carbons (Fsp3) is 0.667. The Kier molecular flexibility index (Phi) is 4.23. The molecule has 2 atom stereocenters. The molecule has 2 rings (SSSR count). The number of amides is 1. The summed E-state index contributed by atoms with van der Waals surface area (Å²) in [6.45, 7) is 3.33. The van der Waals surface area contributed by atoms with E-state index in [1.807, 2.05) is 24.0 Å². The van der Waals surface area contributed by atoms with Crippen molar-refractivity contribution >= 4 is 5.91 Å². The fourth-order valence-electron chi connectivity index (χ4n) is 3.13. The van der Waals surface area contributed by atoms with Crippen molar-refractivity contribution in [3.8, 4) is 0 Å². The molecular formula is C15H23NO2. The molecule has 1 heterocycles. The second-order valence-electron chi connectivity index (χ2n) is 5.47. The highest BCUT2D eigenvalue weighted by Crippen LogP contribution is 2.39. The summed E-state index contributed by atoms with van der Waals surface area (Å²) in [5, 5.41) is 10.5. The van der Waals surface area contributed by atoms with Crippen molar-refractivity contribution in [2.45, 2.75) is 44.6 Å². The van der Waals surface area contributed by atoms with Crippen LogP contribution in [0.2, 0.25) is 0 Å². The van der Waals surface area contributed by atoms with Crippen LogP contribution in [-0.2, 0) is 4.79 Å². The van der Waals surface area contributed by atoms with Crippen molar-refractivity contribution in [2.75, 3.05) is 13.1 Å². The van der Waals surface area contributed by atoms with Crippen LogP contribution >= 0.6 is 0 Å². The summed E-state index contributed by atoms with van der Waals surface area (Å²) >= 11 is 0. The highest BCUT2D eigenvalue weighted by molar-refractivity contribution is 5.88. The van der Waals surface area contributed by atoms with Gasteiger partial charge in [0.25, 0.3) is 0 Å². The number of piperidine rings is 1. The number of fused-ring (bicyclic) bond motifs is 1. The molecule has 0 spiro atoms. The van der Waals surface area contributed by atoms with Crippen LogP contribution in [0, 0.1) is 5.92 Å². The van der Waals surface area contributed by atoms with Crippen LogP contribution in [0.25, 0.3) is 0 Å². The summed E-state index contributed by atoms with van der Waals surface area (Å²) in [5.41, 5.74) is -0.498. The normalized spacial score (nSPS) is 33.0. The van der Waals surface area contributed by atoms with Crippen LogP contribution < -0.4 is 0 Å². The average molecular weight is 249 g/mol. The highest BCUT2D eigenvalue weighted by Gasteiger charge is 2.43. The molecule has 0 aromatic rings. The number of hydrogen-bond acceptors (Lipinski definition) is 2. The third-order valence-corrected chi connectivity index (χ3v) is 4.28. The third kappa shape index (κ3) is 2.83. The summed E-state index contributed by atoms with van der Waals surface area (Å²) in [6.07, 6.45) is 12.2. The van der Waals surface area contributed by atoms with Gasteiger partial charge in [0, 0.05) is 25.1 Å². The van der Waals surface area contributed by atoms with Crippen LogP contribution in [0.15, 0.2) is 24.3 Å². The summed E-state index contributed by atoms with van der Waals surface area (Å²) in [6, 6.07) is 0. The third-order valence-electron chi connectivity index (χ3n) is 4.28. The van der Waals surface area contributed by atoms with Crippen LogP contribution in [0.3, 0.4) is 0 Å². The number of carbonyl (C=O) groups is 1. The lowest BCUT2D eigenvalue weighted by atomic mass is 9.71. The first-order chi connectivity index (χ1) is 8.65. The smallest absolute Gasteiger partial charge is 0.246 e. The summed E-state index contributed by atoms with van der Waals surface area (Å²) in [7, 11) is 0. The summed E-state index contributed by atoms with van der Waals surface area (Å²) < 4.78 is 0. The molecule has 2 fully saturated rings. The maximum atomic E-state index is 12.0. The SMILES string of the molecule is C/C=C/C=CC(=O)N1CCC2(O)CCCCC2C1. The highest BCUT2D eigenvalue weighted by atomic mass is 16.3. The summed E-state index contributed by atoms with van der Waals surface area (Å²) in [4.78, 5) is 13.9. The Morgan fingerprint density at radius 3 is 2.94 bits per heavy atom. The molecule has 1 aliphatic carbocycles. The van der Waals surface area contributed by atoms with E-state index in [2.05, 4.69) is 0 Å². The number of carbonyl (C=O) groups excluding carboxylic acids is 1. The van der Waals surface area contributed by atoms with Gasteiger partial charge in [-0.05, 0) is 26.2 Å². The molecule has 1 aliphatic heterocycles. The number of hydrogen-bond donors (Lipinski definition) is 1. The minimum Gasteiger partial charge on any atom is -0.389 e. The number of aliphatic hydroxyl groups is 1. The number of rotatable bonds is 2. The van der Waals surface area contributed by atoms with Gasteiger partial charge in [-0.25, -0.2) is 0 Å². The maximum Gasteiger partial charge on any atom is 0.246 e. The Bertz CT molecular complexity index is 362. The van der Waals surface area contributed by atoms with Crippen molar-refractivity contribution < 1.29 is 9.90 Å². The first-order valence-electron chi connectivity index (χ1n) is 6.96. The van der Waals surface area contributed by atoms with Gasteiger partial charge in [-0.3, -0.25) is 4.79 Å². The first-order valence-corrected chi connectivity index (χ1v) is 6.96. The fourth-order valence-corrected chi connectivity index (χ4v) is 3.13. The molecule has 0 radical (unpaired) electrons.